The Hall–Kier alpha value is -1.85. The molecule has 17 heavy (non-hydrogen) atoms. The minimum atomic E-state index is -4.43. The average molecular weight is 241 g/mol. The van der Waals surface area contributed by atoms with Gasteiger partial charge in [0.2, 0.25) is 0 Å². The van der Waals surface area contributed by atoms with Crippen LogP contribution in [0, 0.1) is 6.92 Å². The van der Waals surface area contributed by atoms with Crippen LogP contribution in [-0.2, 0) is 13.2 Å². The first kappa shape index (κ1) is 11.6. The van der Waals surface area contributed by atoms with E-state index in [-0.39, 0.29) is 0 Å². The summed E-state index contributed by atoms with van der Waals surface area (Å²) in [5.74, 6) is 0. The number of alkyl halides is 3. The number of pyridine rings is 1. The van der Waals surface area contributed by atoms with Crippen LogP contribution in [0.15, 0.2) is 24.5 Å². The number of rotatable bonds is 1. The van der Waals surface area contributed by atoms with E-state index in [1.807, 2.05) is 0 Å². The molecule has 0 atom stereocenters. The normalized spacial score (nSPS) is 11.8. The third-order valence-electron chi connectivity index (χ3n) is 2.34. The van der Waals surface area contributed by atoms with E-state index in [0.717, 1.165) is 17.8 Å². The molecule has 90 valence electrons. The van der Waals surface area contributed by atoms with E-state index in [2.05, 4.69) is 10.1 Å². The summed E-state index contributed by atoms with van der Waals surface area (Å²) in [6.45, 7) is 1.80. The van der Waals surface area contributed by atoms with Gasteiger partial charge in [-0.15, -0.1) is 0 Å². The van der Waals surface area contributed by atoms with E-state index >= 15 is 0 Å². The van der Waals surface area contributed by atoms with Crippen LogP contribution in [-0.4, -0.2) is 14.8 Å². The highest BCUT2D eigenvalue weighted by molar-refractivity contribution is 5.62. The van der Waals surface area contributed by atoms with Crippen molar-refractivity contribution in [3.63, 3.8) is 0 Å². The van der Waals surface area contributed by atoms with Crippen LogP contribution in [0.5, 0.6) is 0 Å². The highest BCUT2D eigenvalue weighted by Crippen LogP contribution is 2.30. The summed E-state index contributed by atoms with van der Waals surface area (Å²) in [5, 5.41) is 4.13. The van der Waals surface area contributed by atoms with Crippen molar-refractivity contribution in [3.8, 4) is 11.3 Å². The summed E-state index contributed by atoms with van der Waals surface area (Å²) in [6.07, 6.45) is -1.53. The first-order valence-electron chi connectivity index (χ1n) is 4.92. The van der Waals surface area contributed by atoms with Crippen molar-refractivity contribution in [2.75, 3.05) is 0 Å². The number of halogens is 3. The monoisotopic (exact) mass is 241 g/mol. The molecule has 0 radical (unpaired) electrons. The molecule has 2 aromatic heterocycles. The molecule has 0 aliphatic carbocycles. The van der Waals surface area contributed by atoms with Gasteiger partial charge in [0.15, 0.2) is 0 Å². The molecule has 0 N–H and O–H groups in total. The Morgan fingerprint density at radius 1 is 1.29 bits per heavy atom. The molecule has 0 unspecified atom stereocenters. The quantitative estimate of drug-likeness (QED) is 0.768. The first-order chi connectivity index (χ1) is 7.88. The lowest BCUT2D eigenvalue weighted by molar-refractivity contribution is -0.141. The van der Waals surface area contributed by atoms with Crippen molar-refractivity contribution in [2.45, 2.75) is 13.1 Å². The minimum Gasteiger partial charge on any atom is -0.275 e. The maximum Gasteiger partial charge on any atom is 0.433 e. The van der Waals surface area contributed by atoms with Crippen molar-refractivity contribution in [3.05, 3.63) is 35.8 Å². The predicted molar refractivity (Wildman–Crippen MR) is 56.2 cm³/mol. The van der Waals surface area contributed by atoms with Gasteiger partial charge in [-0.05, 0) is 24.6 Å². The lowest BCUT2D eigenvalue weighted by Crippen LogP contribution is -2.07. The van der Waals surface area contributed by atoms with Crippen LogP contribution in [0.25, 0.3) is 11.3 Å². The molecule has 6 heteroatoms. The number of aryl methyl sites for hydroxylation is 2. The topological polar surface area (TPSA) is 30.7 Å². The summed E-state index contributed by atoms with van der Waals surface area (Å²) in [4.78, 5) is 3.31. The van der Waals surface area contributed by atoms with Gasteiger partial charge in [0.25, 0.3) is 0 Å². The summed E-state index contributed by atoms with van der Waals surface area (Å²) in [6, 6.07) is 2.53. The van der Waals surface area contributed by atoms with Gasteiger partial charge < -0.3 is 0 Å². The second kappa shape index (κ2) is 3.87. The van der Waals surface area contributed by atoms with Gasteiger partial charge in [-0.3, -0.25) is 9.67 Å². The zero-order chi connectivity index (χ0) is 12.6. The molecule has 0 amide bonds. The molecule has 2 rings (SSSR count). The molecule has 2 heterocycles. The maximum absolute atomic E-state index is 12.5. The van der Waals surface area contributed by atoms with E-state index in [1.165, 1.54) is 6.07 Å². The third-order valence-corrected chi connectivity index (χ3v) is 2.34. The van der Waals surface area contributed by atoms with Crippen molar-refractivity contribution in [1.29, 1.82) is 0 Å². The Labute approximate surface area is 95.9 Å². The molecule has 0 aliphatic heterocycles. The zero-order valence-electron chi connectivity index (χ0n) is 9.28. The molecule has 0 aromatic carbocycles. The van der Waals surface area contributed by atoms with Crippen LogP contribution in [0.4, 0.5) is 13.2 Å². The Balaban J connectivity index is 2.50. The van der Waals surface area contributed by atoms with E-state index in [0.29, 0.717) is 11.3 Å². The van der Waals surface area contributed by atoms with Gasteiger partial charge in [0.05, 0.1) is 5.69 Å². The molecule has 2 aromatic rings. The Morgan fingerprint density at radius 3 is 2.53 bits per heavy atom. The van der Waals surface area contributed by atoms with Crippen LogP contribution in [0.1, 0.15) is 11.3 Å². The van der Waals surface area contributed by atoms with Crippen LogP contribution in [0.2, 0.25) is 0 Å². The van der Waals surface area contributed by atoms with E-state index in [9.17, 15) is 13.2 Å². The second-order valence-corrected chi connectivity index (χ2v) is 3.76. The van der Waals surface area contributed by atoms with Crippen molar-refractivity contribution < 1.29 is 13.2 Å². The summed E-state index contributed by atoms with van der Waals surface area (Å²) in [5.41, 5.74) is 0.887. The van der Waals surface area contributed by atoms with Crippen molar-refractivity contribution in [1.82, 2.24) is 14.8 Å². The van der Waals surface area contributed by atoms with Crippen molar-refractivity contribution >= 4 is 0 Å². The fraction of sp³-hybridized carbons (Fsp3) is 0.273. The standard InChI is InChI=1S/C11H10F3N3/c1-7-6-17(2)16-10(7)8-3-4-15-9(5-8)11(12,13)14/h3-6H,1-2H3. The lowest BCUT2D eigenvalue weighted by atomic mass is 10.1. The van der Waals surface area contributed by atoms with Gasteiger partial charge >= 0.3 is 6.18 Å². The average Bonchev–Trinajstić information content (AvgIpc) is 2.57. The summed E-state index contributed by atoms with van der Waals surface area (Å²) in [7, 11) is 1.72. The molecule has 3 nitrogen and oxygen atoms in total. The van der Waals surface area contributed by atoms with E-state index in [1.54, 1.807) is 24.9 Å². The smallest absolute Gasteiger partial charge is 0.275 e. The first-order valence-corrected chi connectivity index (χ1v) is 4.92. The molecule has 0 aliphatic rings. The lowest BCUT2D eigenvalue weighted by Gasteiger charge is -2.06. The number of nitrogens with zero attached hydrogens (tertiary/aromatic N) is 3. The van der Waals surface area contributed by atoms with Crippen LogP contribution >= 0.6 is 0 Å². The molecule has 0 spiro atoms. The largest absolute Gasteiger partial charge is 0.433 e. The van der Waals surface area contributed by atoms with Gasteiger partial charge in [0.1, 0.15) is 5.69 Å². The molecule has 0 fully saturated rings. The maximum atomic E-state index is 12.5. The Morgan fingerprint density at radius 2 is 2.00 bits per heavy atom. The molecular weight excluding hydrogens is 231 g/mol. The molecular formula is C11H10F3N3. The second-order valence-electron chi connectivity index (χ2n) is 3.76. The number of hydrogen-bond acceptors (Lipinski definition) is 2. The fourth-order valence-electron chi connectivity index (χ4n) is 1.63. The molecule has 0 saturated heterocycles. The van der Waals surface area contributed by atoms with Gasteiger partial charge in [-0.1, -0.05) is 0 Å². The van der Waals surface area contributed by atoms with E-state index in [4.69, 9.17) is 0 Å². The van der Waals surface area contributed by atoms with E-state index < -0.39 is 11.9 Å². The number of aromatic nitrogens is 3. The van der Waals surface area contributed by atoms with Crippen molar-refractivity contribution in [2.24, 2.45) is 7.05 Å². The predicted octanol–water partition coefficient (Wildman–Crippen LogP) is 2.81. The summed E-state index contributed by atoms with van der Waals surface area (Å²) < 4.78 is 39.1. The Kier molecular flexibility index (Phi) is 2.65. The summed E-state index contributed by atoms with van der Waals surface area (Å²) >= 11 is 0. The fourth-order valence-corrected chi connectivity index (χ4v) is 1.63. The highest BCUT2D eigenvalue weighted by atomic mass is 19.4. The van der Waals surface area contributed by atoms with Gasteiger partial charge in [0, 0.05) is 25.0 Å². The van der Waals surface area contributed by atoms with Gasteiger partial charge in [-0.2, -0.15) is 18.3 Å². The molecule has 0 saturated carbocycles. The SMILES string of the molecule is Cc1cn(C)nc1-c1ccnc(C(F)(F)F)c1. The highest BCUT2D eigenvalue weighted by Gasteiger charge is 2.32. The third kappa shape index (κ3) is 2.30. The zero-order valence-corrected chi connectivity index (χ0v) is 9.28. The Bertz CT molecular complexity index is 543. The number of hydrogen-bond donors (Lipinski definition) is 0. The van der Waals surface area contributed by atoms with Crippen LogP contribution in [0.3, 0.4) is 0 Å². The van der Waals surface area contributed by atoms with Crippen LogP contribution < -0.4 is 0 Å². The minimum absolute atomic E-state index is 0.422. The molecule has 0 bridgehead atoms. The van der Waals surface area contributed by atoms with Gasteiger partial charge in [-0.25, -0.2) is 0 Å².